The zero-order valence-electron chi connectivity index (χ0n) is 9.33. The minimum Gasteiger partial charge on any atom is -0.461 e. The number of esters is 1. The number of carbonyl (C=O) groups is 1. The zero-order valence-corrected chi connectivity index (χ0v) is 10.1. The van der Waals surface area contributed by atoms with Crippen LogP contribution in [-0.2, 0) is 4.74 Å². The van der Waals surface area contributed by atoms with Crippen molar-refractivity contribution in [2.75, 3.05) is 26.1 Å². The molecule has 15 heavy (non-hydrogen) atoms. The second kappa shape index (κ2) is 5.09. The van der Waals surface area contributed by atoms with Crippen LogP contribution in [0.2, 0.25) is 0 Å². The molecule has 84 valence electrons. The number of nitrogens with zero attached hydrogens (tertiary/aromatic N) is 2. The maximum Gasteiger partial charge on any atom is 0.358 e. The highest BCUT2D eigenvalue weighted by atomic mass is 32.1. The largest absolute Gasteiger partial charge is 0.461 e. The van der Waals surface area contributed by atoms with Gasteiger partial charge in [0.05, 0.1) is 6.61 Å². The molecule has 6 heteroatoms. The van der Waals surface area contributed by atoms with Crippen LogP contribution in [0, 0.1) is 6.92 Å². The van der Waals surface area contributed by atoms with Gasteiger partial charge in [-0.1, -0.05) is 0 Å². The summed E-state index contributed by atoms with van der Waals surface area (Å²) in [6, 6.07) is 0. The van der Waals surface area contributed by atoms with Gasteiger partial charge in [0.2, 0.25) is 0 Å². The average Bonchev–Trinajstić information content (AvgIpc) is 2.46. The molecule has 1 N–H and O–H groups in total. The molecule has 0 bridgehead atoms. The number of rotatable bonds is 4. The number of ether oxygens (including phenoxy) is 1. The van der Waals surface area contributed by atoms with Crippen LogP contribution in [0.3, 0.4) is 0 Å². The molecule has 0 saturated heterocycles. The fourth-order valence-electron chi connectivity index (χ4n) is 1.02. The molecule has 0 aliphatic rings. The molecule has 1 heterocycles. The molecule has 0 unspecified atom stereocenters. The highest BCUT2D eigenvalue weighted by Gasteiger charge is 2.16. The van der Waals surface area contributed by atoms with Gasteiger partial charge in [0.15, 0.2) is 10.8 Å². The van der Waals surface area contributed by atoms with Crippen LogP contribution in [0.4, 0.5) is 5.13 Å². The van der Waals surface area contributed by atoms with Gasteiger partial charge in [-0.3, -0.25) is 5.43 Å². The fourth-order valence-corrected chi connectivity index (χ4v) is 1.91. The molecule has 0 aromatic carbocycles. The van der Waals surface area contributed by atoms with Crippen molar-refractivity contribution in [1.82, 2.24) is 9.99 Å². The molecule has 0 spiro atoms. The molecule has 1 rings (SSSR count). The summed E-state index contributed by atoms with van der Waals surface area (Å²) in [5, 5.41) is 2.47. The Labute approximate surface area is 93.0 Å². The van der Waals surface area contributed by atoms with Gasteiger partial charge in [-0.15, -0.1) is 11.3 Å². The molecule has 0 fully saturated rings. The maximum atomic E-state index is 11.4. The van der Waals surface area contributed by atoms with Crippen LogP contribution in [0.5, 0.6) is 0 Å². The van der Waals surface area contributed by atoms with E-state index in [9.17, 15) is 4.79 Å². The highest BCUT2D eigenvalue weighted by Crippen LogP contribution is 2.22. The van der Waals surface area contributed by atoms with E-state index in [0.29, 0.717) is 17.4 Å². The third kappa shape index (κ3) is 3.17. The van der Waals surface area contributed by atoms with Crippen LogP contribution in [0.25, 0.3) is 0 Å². The predicted octanol–water partition coefficient (Wildman–Crippen LogP) is 1.52. The molecule has 0 amide bonds. The smallest absolute Gasteiger partial charge is 0.358 e. The van der Waals surface area contributed by atoms with Gasteiger partial charge >= 0.3 is 5.97 Å². The SMILES string of the molecule is CCOC(=O)c1nc(NN(C)C)sc1C. The van der Waals surface area contributed by atoms with E-state index in [1.807, 2.05) is 21.0 Å². The van der Waals surface area contributed by atoms with Gasteiger partial charge in [0.25, 0.3) is 0 Å². The molecule has 0 aliphatic carbocycles. The Bertz CT molecular complexity index is 349. The zero-order chi connectivity index (χ0) is 11.4. The quantitative estimate of drug-likeness (QED) is 0.626. The number of nitrogens with one attached hydrogen (secondary N) is 1. The van der Waals surface area contributed by atoms with Gasteiger partial charge in [-0.2, -0.15) is 0 Å². The Hall–Kier alpha value is -1.14. The molecule has 1 aromatic heterocycles. The van der Waals surface area contributed by atoms with E-state index < -0.39 is 0 Å². The van der Waals surface area contributed by atoms with Crippen molar-refractivity contribution in [2.24, 2.45) is 0 Å². The third-order valence-corrected chi connectivity index (χ3v) is 2.46. The van der Waals surface area contributed by atoms with Crippen LogP contribution >= 0.6 is 11.3 Å². The minimum absolute atomic E-state index is 0.363. The summed E-state index contributed by atoms with van der Waals surface area (Å²) in [7, 11) is 3.72. The first-order chi connectivity index (χ1) is 7.04. The molecule has 0 radical (unpaired) electrons. The normalized spacial score (nSPS) is 10.5. The number of aryl methyl sites for hydroxylation is 1. The number of thiazole rings is 1. The fraction of sp³-hybridized carbons (Fsp3) is 0.556. The van der Waals surface area contributed by atoms with Crippen molar-refractivity contribution < 1.29 is 9.53 Å². The summed E-state index contributed by atoms with van der Waals surface area (Å²) >= 11 is 1.43. The minimum atomic E-state index is -0.363. The molecule has 0 atom stereocenters. The Morgan fingerprint density at radius 3 is 2.80 bits per heavy atom. The number of carbonyl (C=O) groups excluding carboxylic acids is 1. The second-order valence-corrected chi connectivity index (χ2v) is 4.35. The molecule has 0 aliphatic heterocycles. The number of hydrogen-bond donors (Lipinski definition) is 1. The summed E-state index contributed by atoms with van der Waals surface area (Å²) < 4.78 is 4.89. The number of hydrogen-bond acceptors (Lipinski definition) is 6. The molecular weight excluding hydrogens is 214 g/mol. The topological polar surface area (TPSA) is 54.5 Å². The van der Waals surface area contributed by atoms with E-state index >= 15 is 0 Å². The standard InChI is InChI=1S/C9H15N3O2S/c1-5-14-8(13)7-6(2)15-9(10-7)11-12(3)4/h5H2,1-4H3,(H,10,11). The van der Waals surface area contributed by atoms with Crippen molar-refractivity contribution in [3.8, 4) is 0 Å². The first-order valence-electron chi connectivity index (χ1n) is 4.63. The summed E-state index contributed by atoms with van der Waals surface area (Å²) in [6.07, 6.45) is 0. The maximum absolute atomic E-state index is 11.4. The Balaban J connectivity index is 2.81. The van der Waals surface area contributed by atoms with Gasteiger partial charge < -0.3 is 4.74 Å². The van der Waals surface area contributed by atoms with Crippen LogP contribution in [-0.4, -0.2) is 36.7 Å². The van der Waals surface area contributed by atoms with Crippen molar-refractivity contribution in [2.45, 2.75) is 13.8 Å². The van der Waals surface area contributed by atoms with E-state index in [1.165, 1.54) is 11.3 Å². The average molecular weight is 229 g/mol. The van der Waals surface area contributed by atoms with E-state index in [4.69, 9.17) is 4.74 Å². The molecule has 5 nitrogen and oxygen atoms in total. The lowest BCUT2D eigenvalue weighted by Crippen LogP contribution is -2.19. The van der Waals surface area contributed by atoms with Crippen LogP contribution in [0.1, 0.15) is 22.3 Å². The lowest BCUT2D eigenvalue weighted by molar-refractivity contribution is 0.0519. The Morgan fingerprint density at radius 2 is 2.27 bits per heavy atom. The Kier molecular flexibility index (Phi) is 4.05. The highest BCUT2D eigenvalue weighted by molar-refractivity contribution is 7.15. The summed E-state index contributed by atoms with van der Waals surface area (Å²) in [6.45, 7) is 4.00. The summed E-state index contributed by atoms with van der Waals surface area (Å²) in [5.41, 5.74) is 3.39. The molecular formula is C9H15N3O2S. The monoisotopic (exact) mass is 229 g/mol. The Morgan fingerprint density at radius 1 is 1.60 bits per heavy atom. The van der Waals surface area contributed by atoms with Crippen molar-refractivity contribution in [3.63, 3.8) is 0 Å². The van der Waals surface area contributed by atoms with Gasteiger partial charge in [-0.05, 0) is 13.8 Å². The third-order valence-electron chi connectivity index (χ3n) is 1.58. The first-order valence-corrected chi connectivity index (χ1v) is 5.44. The van der Waals surface area contributed by atoms with Gasteiger partial charge in [0, 0.05) is 19.0 Å². The van der Waals surface area contributed by atoms with E-state index in [1.54, 1.807) is 11.9 Å². The first kappa shape index (κ1) is 11.9. The van der Waals surface area contributed by atoms with Gasteiger partial charge in [-0.25, -0.2) is 14.8 Å². The van der Waals surface area contributed by atoms with Crippen LogP contribution in [0.15, 0.2) is 0 Å². The van der Waals surface area contributed by atoms with Crippen molar-refractivity contribution in [1.29, 1.82) is 0 Å². The van der Waals surface area contributed by atoms with Gasteiger partial charge in [0.1, 0.15) is 0 Å². The number of hydrazine groups is 1. The summed E-state index contributed by atoms with van der Waals surface area (Å²) in [4.78, 5) is 16.5. The number of aromatic nitrogens is 1. The second-order valence-electron chi connectivity index (χ2n) is 3.15. The molecule has 1 aromatic rings. The number of anilines is 1. The van der Waals surface area contributed by atoms with Crippen molar-refractivity contribution >= 4 is 22.4 Å². The van der Waals surface area contributed by atoms with E-state index in [-0.39, 0.29) is 5.97 Å². The lowest BCUT2D eigenvalue weighted by Gasteiger charge is -2.08. The van der Waals surface area contributed by atoms with Crippen molar-refractivity contribution in [3.05, 3.63) is 10.6 Å². The van der Waals surface area contributed by atoms with Crippen LogP contribution < -0.4 is 5.43 Å². The van der Waals surface area contributed by atoms with E-state index in [2.05, 4.69) is 10.4 Å². The predicted molar refractivity (Wildman–Crippen MR) is 60.1 cm³/mol. The summed E-state index contributed by atoms with van der Waals surface area (Å²) in [5.74, 6) is -0.363. The lowest BCUT2D eigenvalue weighted by atomic mass is 10.4. The van der Waals surface area contributed by atoms with E-state index in [0.717, 1.165) is 4.88 Å². The molecule has 0 saturated carbocycles.